The summed E-state index contributed by atoms with van der Waals surface area (Å²) in [6.45, 7) is 0.851. The zero-order valence-corrected chi connectivity index (χ0v) is 11.2. The van der Waals surface area contributed by atoms with E-state index >= 15 is 0 Å². The van der Waals surface area contributed by atoms with Gasteiger partial charge in [-0.05, 0) is 0 Å². The molecule has 0 unspecified atom stereocenters. The van der Waals surface area contributed by atoms with Gasteiger partial charge in [0.15, 0.2) is 5.13 Å². The molecular formula is C14H14N4S. The van der Waals surface area contributed by atoms with E-state index in [1.165, 1.54) is 0 Å². The highest BCUT2D eigenvalue weighted by molar-refractivity contribution is 7.14. The van der Waals surface area contributed by atoms with Gasteiger partial charge in [-0.1, -0.05) is 30.3 Å². The minimum Gasteiger partial charge on any atom is -0.361 e. The van der Waals surface area contributed by atoms with Gasteiger partial charge < -0.3 is 10.3 Å². The fourth-order valence-electron chi connectivity index (χ4n) is 1.82. The molecule has 3 rings (SSSR count). The van der Waals surface area contributed by atoms with Gasteiger partial charge in [-0.3, -0.25) is 0 Å². The molecule has 0 saturated heterocycles. The van der Waals surface area contributed by atoms with Crippen LogP contribution < -0.4 is 5.32 Å². The molecule has 0 spiro atoms. The molecule has 0 fully saturated rings. The van der Waals surface area contributed by atoms with E-state index in [-0.39, 0.29) is 0 Å². The van der Waals surface area contributed by atoms with Crippen LogP contribution in [0.5, 0.6) is 0 Å². The lowest BCUT2D eigenvalue weighted by Gasteiger charge is -2.00. The van der Waals surface area contributed by atoms with E-state index in [4.69, 9.17) is 0 Å². The third kappa shape index (κ3) is 3.00. The van der Waals surface area contributed by atoms with Crippen molar-refractivity contribution in [2.75, 3.05) is 11.9 Å². The first-order chi connectivity index (χ1) is 9.42. The van der Waals surface area contributed by atoms with Gasteiger partial charge in [0.25, 0.3) is 0 Å². The average Bonchev–Trinajstić information content (AvgIpc) is 3.11. The summed E-state index contributed by atoms with van der Waals surface area (Å²) in [6, 6.07) is 10.2. The lowest BCUT2D eigenvalue weighted by atomic mass is 10.2. The average molecular weight is 270 g/mol. The Hall–Kier alpha value is -2.14. The van der Waals surface area contributed by atoms with Gasteiger partial charge >= 0.3 is 0 Å². The quantitative estimate of drug-likeness (QED) is 0.748. The summed E-state index contributed by atoms with van der Waals surface area (Å²) in [5.41, 5.74) is 3.31. The van der Waals surface area contributed by atoms with Crippen molar-refractivity contribution in [3.8, 4) is 11.3 Å². The van der Waals surface area contributed by atoms with Crippen LogP contribution in [0, 0.1) is 0 Å². The largest absolute Gasteiger partial charge is 0.361 e. The van der Waals surface area contributed by atoms with Crippen LogP contribution in [0.1, 0.15) is 5.69 Å². The molecule has 4 nitrogen and oxygen atoms in total. The van der Waals surface area contributed by atoms with Crippen LogP contribution in [-0.2, 0) is 6.42 Å². The Bertz CT molecular complexity index is 616. The van der Waals surface area contributed by atoms with Crippen LogP contribution in [0.3, 0.4) is 0 Å². The van der Waals surface area contributed by atoms with Crippen molar-refractivity contribution in [1.82, 2.24) is 15.0 Å². The Balaban J connectivity index is 1.59. The van der Waals surface area contributed by atoms with Crippen molar-refractivity contribution in [1.29, 1.82) is 0 Å². The van der Waals surface area contributed by atoms with E-state index in [2.05, 4.69) is 37.8 Å². The van der Waals surface area contributed by atoms with Crippen molar-refractivity contribution in [3.05, 3.63) is 53.9 Å². The molecule has 0 aliphatic carbocycles. The fraction of sp³-hybridized carbons (Fsp3) is 0.143. The van der Waals surface area contributed by atoms with E-state index in [0.29, 0.717) is 0 Å². The molecule has 2 heterocycles. The van der Waals surface area contributed by atoms with Gasteiger partial charge in [-0.2, -0.15) is 0 Å². The first kappa shape index (κ1) is 11.9. The molecule has 96 valence electrons. The van der Waals surface area contributed by atoms with Crippen molar-refractivity contribution in [2.45, 2.75) is 6.42 Å². The Morgan fingerprint density at radius 1 is 1.21 bits per heavy atom. The number of rotatable bonds is 5. The molecule has 0 amide bonds. The normalized spacial score (nSPS) is 10.5. The van der Waals surface area contributed by atoms with Crippen LogP contribution in [0.4, 0.5) is 5.13 Å². The molecule has 5 heteroatoms. The topological polar surface area (TPSA) is 53.6 Å². The number of nitrogens with zero attached hydrogens (tertiary/aromatic N) is 2. The van der Waals surface area contributed by atoms with Crippen molar-refractivity contribution < 1.29 is 0 Å². The number of aromatic nitrogens is 3. The van der Waals surface area contributed by atoms with Crippen LogP contribution in [0.2, 0.25) is 0 Å². The Kier molecular flexibility index (Phi) is 3.56. The highest BCUT2D eigenvalue weighted by atomic mass is 32.1. The molecule has 0 atom stereocenters. The molecule has 0 aliphatic heterocycles. The third-order valence-corrected chi connectivity index (χ3v) is 3.60. The standard InChI is InChI=1S/C14H14N4S/c1-2-4-11(5-3-1)13-9-19-14(18-13)16-7-6-12-8-15-10-17-12/h1-5,8-10H,6-7H2,(H,15,17)(H,16,18). The highest BCUT2D eigenvalue weighted by Crippen LogP contribution is 2.24. The maximum Gasteiger partial charge on any atom is 0.183 e. The minimum absolute atomic E-state index is 0.851. The van der Waals surface area contributed by atoms with Gasteiger partial charge in [-0.25, -0.2) is 9.97 Å². The van der Waals surface area contributed by atoms with Crippen LogP contribution in [0.15, 0.2) is 48.2 Å². The molecule has 0 radical (unpaired) electrons. The Morgan fingerprint density at radius 2 is 2.11 bits per heavy atom. The number of aromatic amines is 1. The summed E-state index contributed by atoms with van der Waals surface area (Å²) in [7, 11) is 0. The van der Waals surface area contributed by atoms with Gasteiger partial charge in [0.05, 0.1) is 12.0 Å². The first-order valence-corrected chi connectivity index (χ1v) is 7.02. The molecular weight excluding hydrogens is 256 g/mol. The summed E-state index contributed by atoms with van der Waals surface area (Å²) in [4.78, 5) is 11.7. The van der Waals surface area contributed by atoms with Crippen molar-refractivity contribution in [2.24, 2.45) is 0 Å². The van der Waals surface area contributed by atoms with Gasteiger partial charge in [0.2, 0.25) is 0 Å². The monoisotopic (exact) mass is 270 g/mol. The predicted octanol–water partition coefficient (Wildman–Crippen LogP) is 3.19. The lowest BCUT2D eigenvalue weighted by molar-refractivity contribution is 0.974. The maximum atomic E-state index is 4.58. The van der Waals surface area contributed by atoms with Gasteiger partial charge in [-0.15, -0.1) is 11.3 Å². The van der Waals surface area contributed by atoms with Crippen LogP contribution >= 0.6 is 11.3 Å². The number of imidazole rings is 1. The van der Waals surface area contributed by atoms with Crippen molar-refractivity contribution in [3.63, 3.8) is 0 Å². The second-order valence-corrected chi connectivity index (χ2v) is 5.02. The summed E-state index contributed by atoms with van der Waals surface area (Å²) in [6.07, 6.45) is 4.46. The summed E-state index contributed by atoms with van der Waals surface area (Å²) in [5.74, 6) is 0. The number of hydrogen-bond acceptors (Lipinski definition) is 4. The zero-order chi connectivity index (χ0) is 12.9. The Morgan fingerprint density at radius 3 is 2.89 bits per heavy atom. The smallest absolute Gasteiger partial charge is 0.183 e. The van der Waals surface area contributed by atoms with E-state index < -0.39 is 0 Å². The maximum absolute atomic E-state index is 4.58. The molecule has 0 aliphatic rings. The van der Waals surface area contributed by atoms with E-state index in [1.807, 2.05) is 24.4 Å². The second-order valence-electron chi connectivity index (χ2n) is 4.16. The molecule has 19 heavy (non-hydrogen) atoms. The zero-order valence-electron chi connectivity index (χ0n) is 10.3. The number of thiazole rings is 1. The summed E-state index contributed by atoms with van der Waals surface area (Å²) >= 11 is 1.63. The molecule has 3 aromatic rings. The molecule has 0 bridgehead atoms. The number of anilines is 1. The molecule has 1 aromatic carbocycles. The lowest BCUT2D eigenvalue weighted by Crippen LogP contribution is -2.04. The number of benzene rings is 1. The fourth-order valence-corrected chi connectivity index (χ4v) is 2.57. The molecule has 2 aromatic heterocycles. The Labute approximate surface area is 115 Å². The SMILES string of the molecule is c1ccc(-c2csc(NCCc3cnc[nH]3)n2)cc1. The first-order valence-electron chi connectivity index (χ1n) is 6.14. The predicted molar refractivity (Wildman–Crippen MR) is 78.3 cm³/mol. The third-order valence-electron chi connectivity index (χ3n) is 2.80. The second kappa shape index (κ2) is 5.67. The van der Waals surface area contributed by atoms with E-state index in [9.17, 15) is 0 Å². The number of H-pyrrole nitrogens is 1. The minimum atomic E-state index is 0.851. The highest BCUT2D eigenvalue weighted by Gasteiger charge is 2.03. The van der Waals surface area contributed by atoms with Crippen LogP contribution in [0.25, 0.3) is 11.3 Å². The van der Waals surface area contributed by atoms with Crippen LogP contribution in [-0.4, -0.2) is 21.5 Å². The van der Waals surface area contributed by atoms with Gasteiger partial charge in [0.1, 0.15) is 0 Å². The van der Waals surface area contributed by atoms with Gasteiger partial charge in [0, 0.05) is 35.8 Å². The summed E-state index contributed by atoms with van der Waals surface area (Å²) < 4.78 is 0. The summed E-state index contributed by atoms with van der Waals surface area (Å²) in [5, 5.41) is 6.37. The molecule has 2 N–H and O–H groups in total. The molecule has 0 saturated carbocycles. The van der Waals surface area contributed by atoms with E-state index in [1.54, 1.807) is 17.7 Å². The number of hydrogen-bond donors (Lipinski definition) is 2. The van der Waals surface area contributed by atoms with Crippen molar-refractivity contribution >= 4 is 16.5 Å². The van der Waals surface area contributed by atoms with E-state index in [0.717, 1.165) is 35.0 Å². The number of nitrogens with one attached hydrogen (secondary N) is 2.